The fraction of sp³-hybridized carbons (Fsp3) is 0.360. The molecular weight excluding hydrogens is 404 g/mol. The SMILES string of the molecule is CCC[C@H](C(N)=O)[C@@H](C)C(=O)N[C@@H](C)C(=O)N(C)c1ccccc1C(=N)c1ccccc1. The number of benzene rings is 2. The summed E-state index contributed by atoms with van der Waals surface area (Å²) in [5.41, 5.74) is 7.68. The van der Waals surface area contributed by atoms with Crippen LogP contribution in [0.15, 0.2) is 54.6 Å². The van der Waals surface area contributed by atoms with E-state index in [-0.39, 0.29) is 11.8 Å². The molecule has 3 amide bonds. The minimum Gasteiger partial charge on any atom is -0.369 e. The third-order valence-corrected chi connectivity index (χ3v) is 5.64. The number of carbonyl (C=O) groups is 3. The van der Waals surface area contributed by atoms with Crippen LogP contribution < -0.4 is 16.0 Å². The second-order valence-corrected chi connectivity index (χ2v) is 7.97. The van der Waals surface area contributed by atoms with E-state index in [0.29, 0.717) is 23.4 Å². The second-order valence-electron chi connectivity index (χ2n) is 7.97. The Morgan fingerprint density at radius 1 is 1.03 bits per heavy atom. The van der Waals surface area contributed by atoms with Crippen LogP contribution in [0.5, 0.6) is 0 Å². The van der Waals surface area contributed by atoms with Crippen molar-refractivity contribution >= 4 is 29.1 Å². The maximum Gasteiger partial charge on any atom is 0.249 e. The lowest BCUT2D eigenvalue weighted by molar-refractivity contribution is -0.134. The van der Waals surface area contributed by atoms with Crippen molar-refractivity contribution in [1.82, 2.24) is 5.32 Å². The van der Waals surface area contributed by atoms with Gasteiger partial charge in [-0.2, -0.15) is 0 Å². The maximum absolute atomic E-state index is 13.1. The highest BCUT2D eigenvalue weighted by Gasteiger charge is 2.30. The van der Waals surface area contributed by atoms with Crippen molar-refractivity contribution in [3.05, 3.63) is 65.7 Å². The van der Waals surface area contributed by atoms with Crippen LogP contribution in [0.4, 0.5) is 5.69 Å². The Labute approximate surface area is 189 Å². The molecule has 0 saturated heterocycles. The summed E-state index contributed by atoms with van der Waals surface area (Å²) in [5, 5.41) is 11.3. The number of likely N-dealkylation sites (N-methyl/N-ethyl adjacent to an activating group) is 1. The predicted octanol–water partition coefficient (Wildman–Crippen LogP) is 3.11. The van der Waals surface area contributed by atoms with Crippen molar-refractivity contribution in [1.29, 1.82) is 5.41 Å². The first kappa shape index (κ1) is 24.8. The van der Waals surface area contributed by atoms with Crippen LogP contribution in [0.1, 0.15) is 44.7 Å². The van der Waals surface area contributed by atoms with E-state index in [1.165, 1.54) is 4.90 Å². The monoisotopic (exact) mass is 436 g/mol. The van der Waals surface area contributed by atoms with E-state index < -0.39 is 23.8 Å². The van der Waals surface area contributed by atoms with Gasteiger partial charge in [0.2, 0.25) is 17.7 Å². The highest BCUT2D eigenvalue weighted by molar-refractivity contribution is 6.16. The van der Waals surface area contributed by atoms with Crippen LogP contribution >= 0.6 is 0 Å². The molecule has 170 valence electrons. The van der Waals surface area contributed by atoms with Gasteiger partial charge in [-0.25, -0.2) is 0 Å². The Kier molecular flexibility index (Phi) is 8.70. The minimum absolute atomic E-state index is 0.301. The standard InChI is InChI=1S/C25H32N4O3/c1-5-11-19(23(27)30)16(2)24(31)28-17(3)25(32)29(4)21-15-10-9-14-20(21)22(26)18-12-7-6-8-13-18/h6-10,12-17,19,26H,5,11H2,1-4H3,(H2,27,30)(H,28,31)/t16-,17+,19+/m1/s1. The zero-order valence-electron chi connectivity index (χ0n) is 19.1. The van der Waals surface area contributed by atoms with Crippen molar-refractivity contribution in [3.8, 4) is 0 Å². The first-order chi connectivity index (χ1) is 15.2. The zero-order valence-corrected chi connectivity index (χ0v) is 19.1. The molecule has 2 aromatic carbocycles. The molecule has 0 aromatic heterocycles. The van der Waals surface area contributed by atoms with Gasteiger partial charge in [-0.15, -0.1) is 0 Å². The van der Waals surface area contributed by atoms with Crippen LogP contribution in [0.2, 0.25) is 0 Å². The predicted molar refractivity (Wildman–Crippen MR) is 127 cm³/mol. The first-order valence-electron chi connectivity index (χ1n) is 10.8. The fourth-order valence-electron chi connectivity index (χ4n) is 3.69. The Bertz CT molecular complexity index is 974. The number of hydrogen-bond donors (Lipinski definition) is 3. The van der Waals surface area contributed by atoms with Crippen LogP contribution in [-0.2, 0) is 14.4 Å². The average Bonchev–Trinajstić information content (AvgIpc) is 2.80. The van der Waals surface area contributed by atoms with E-state index in [1.807, 2.05) is 43.3 Å². The van der Waals surface area contributed by atoms with E-state index in [2.05, 4.69) is 5.32 Å². The molecule has 0 bridgehead atoms. The van der Waals surface area contributed by atoms with Gasteiger partial charge in [0.15, 0.2) is 0 Å². The number of rotatable bonds is 10. The Morgan fingerprint density at radius 2 is 1.62 bits per heavy atom. The third-order valence-electron chi connectivity index (χ3n) is 5.64. The van der Waals surface area contributed by atoms with Crippen LogP contribution in [0.3, 0.4) is 0 Å². The molecule has 4 N–H and O–H groups in total. The number of nitrogens with zero attached hydrogens (tertiary/aromatic N) is 1. The highest BCUT2D eigenvalue weighted by Crippen LogP contribution is 2.23. The Morgan fingerprint density at radius 3 is 2.22 bits per heavy atom. The summed E-state index contributed by atoms with van der Waals surface area (Å²) in [6, 6.07) is 15.7. The number of nitrogens with two attached hydrogens (primary N) is 1. The summed E-state index contributed by atoms with van der Waals surface area (Å²) < 4.78 is 0. The summed E-state index contributed by atoms with van der Waals surface area (Å²) in [6.07, 6.45) is 1.24. The number of nitrogens with one attached hydrogen (secondary N) is 2. The van der Waals surface area contributed by atoms with Gasteiger partial charge in [-0.05, 0) is 19.4 Å². The quantitative estimate of drug-likeness (QED) is 0.497. The summed E-state index contributed by atoms with van der Waals surface area (Å²) >= 11 is 0. The molecule has 0 aliphatic carbocycles. The van der Waals surface area contributed by atoms with E-state index in [4.69, 9.17) is 11.1 Å². The van der Waals surface area contributed by atoms with Crippen molar-refractivity contribution < 1.29 is 14.4 Å². The maximum atomic E-state index is 13.1. The molecular formula is C25H32N4O3. The molecule has 7 heteroatoms. The molecule has 7 nitrogen and oxygen atoms in total. The topological polar surface area (TPSA) is 116 Å². The van der Waals surface area contributed by atoms with E-state index in [1.54, 1.807) is 39.1 Å². The van der Waals surface area contributed by atoms with Gasteiger partial charge >= 0.3 is 0 Å². The molecule has 3 atom stereocenters. The minimum atomic E-state index is -0.816. The molecule has 0 radical (unpaired) electrons. The van der Waals surface area contributed by atoms with Crippen molar-refractivity contribution in [2.45, 2.75) is 39.7 Å². The van der Waals surface area contributed by atoms with Crippen molar-refractivity contribution in [3.63, 3.8) is 0 Å². The third kappa shape index (κ3) is 5.81. The summed E-state index contributed by atoms with van der Waals surface area (Å²) in [4.78, 5) is 38.9. The largest absolute Gasteiger partial charge is 0.369 e. The Hall–Kier alpha value is -3.48. The molecule has 0 fully saturated rings. The first-order valence-corrected chi connectivity index (χ1v) is 10.8. The highest BCUT2D eigenvalue weighted by atomic mass is 16.2. The van der Waals surface area contributed by atoms with Gasteiger partial charge in [-0.1, -0.05) is 68.8 Å². The number of hydrogen-bond acceptors (Lipinski definition) is 4. The molecule has 32 heavy (non-hydrogen) atoms. The smallest absolute Gasteiger partial charge is 0.249 e. The number of amides is 3. The Balaban J connectivity index is 2.18. The lowest BCUT2D eigenvalue weighted by atomic mass is 9.88. The molecule has 2 aromatic rings. The van der Waals surface area contributed by atoms with E-state index in [0.717, 1.165) is 12.0 Å². The van der Waals surface area contributed by atoms with Gasteiger partial charge in [0.25, 0.3) is 0 Å². The number of carbonyl (C=O) groups excluding carboxylic acids is 3. The lowest BCUT2D eigenvalue weighted by Crippen LogP contribution is -2.49. The van der Waals surface area contributed by atoms with E-state index >= 15 is 0 Å². The molecule has 0 aliphatic rings. The van der Waals surface area contributed by atoms with E-state index in [9.17, 15) is 14.4 Å². The lowest BCUT2D eigenvalue weighted by Gasteiger charge is -2.26. The summed E-state index contributed by atoms with van der Waals surface area (Å²) in [6.45, 7) is 5.18. The van der Waals surface area contributed by atoms with Crippen LogP contribution in [0, 0.1) is 17.2 Å². The molecule has 0 unspecified atom stereocenters. The van der Waals surface area contributed by atoms with Crippen LogP contribution in [-0.4, -0.2) is 36.5 Å². The number of anilines is 1. The average molecular weight is 437 g/mol. The molecule has 0 aliphatic heterocycles. The molecule has 0 heterocycles. The van der Waals surface area contributed by atoms with Gasteiger partial charge in [0, 0.05) is 30.0 Å². The zero-order chi connectivity index (χ0) is 23.8. The normalized spacial score (nSPS) is 13.5. The van der Waals surface area contributed by atoms with Gasteiger partial charge in [0.05, 0.1) is 11.4 Å². The fourth-order valence-corrected chi connectivity index (χ4v) is 3.69. The molecule has 0 saturated carbocycles. The summed E-state index contributed by atoms with van der Waals surface area (Å²) in [5.74, 6) is -2.44. The van der Waals surface area contributed by atoms with Gasteiger partial charge < -0.3 is 16.0 Å². The van der Waals surface area contributed by atoms with Crippen LogP contribution in [0.25, 0.3) is 0 Å². The van der Waals surface area contributed by atoms with Crippen molar-refractivity contribution in [2.24, 2.45) is 17.6 Å². The summed E-state index contributed by atoms with van der Waals surface area (Å²) in [7, 11) is 1.62. The van der Waals surface area contributed by atoms with Gasteiger partial charge in [0.1, 0.15) is 6.04 Å². The molecule has 0 spiro atoms. The second kappa shape index (κ2) is 11.2. The number of para-hydroxylation sites is 1. The van der Waals surface area contributed by atoms with Gasteiger partial charge in [-0.3, -0.25) is 19.8 Å². The molecule has 2 rings (SSSR count). The van der Waals surface area contributed by atoms with Crippen molar-refractivity contribution in [2.75, 3.05) is 11.9 Å². The number of primary amides is 1.